The van der Waals surface area contributed by atoms with E-state index in [-0.39, 0.29) is 28.2 Å². The summed E-state index contributed by atoms with van der Waals surface area (Å²) >= 11 is 7.08. The van der Waals surface area contributed by atoms with Crippen molar-refractivity contribution in [3.8, 4) is 0 Å². The summed E-state index contributed by atoms with van der Waals surface area (Å²) in [7, 11) is 0. The summed E-state index contributed by atoms with van der Waals surface area (Å²) in [5.74, 6) is -0.739. The van der Waals surface area contributed by atoms with Gasteiger partial charge in [-0.3, -0.25) is 19.5 Å². The van der Waals surface area contributed by atoms with Crippen molar-refractivity contribution in [1.82, 2.24) is 19.0 Å². The number of halogens is 1. The number of nitrogens with zero attached hydrogens (tertiary/aromatic N) is 4. The Labute approximate surface area is 215 Å². The number of aromatic nitrogens is 3. The average Bonchev–Trinajstić information content (AvgIpc) is 3.28. The van der Waals surface area contributed by atoms with Gasteiger partial charge in [0.15, 0.2) is 10.8 Å². The lowest BCUT2D eigenvalue weighted by Crippen LogP contribution is -2.47. The van der Waals surface area contributed by atoms with Crippen LogP contribution < -0.4 is 10.2 Å². The molecule has 9 heteroatoms. The van der Waals surface area contributed by atoms with E-state index in [0.717, 1.165) is 43.0 Å². The number of benzene rings is 1. The van der Waals surface area contributed by atoms with Gasteiger partial charge in [-0.2, -0.15) is 8.75 Å². The first-order chi connectivity index (χ1) is 16.8. The second-order valence-electron chi connectivity index (χ2n) is 9.91. The summed E-state index contributed by atoms with van der Waals surface area (Å²) in [4.78, 5) is 33.4. The first-order valence-corrected chi connectivity index (χ1v) is 13.0. The smallest absolute Gasteiger partial charge is 0.282 e. The highest BCUT2D eigenvalue weighted by Crippen LogP contribution is 2.33. The van der Waals surface area contributed by atoms with Crippen LogP contribution in [0.5, 0.6) is 0 Å². The molecule has 1 saturated carbocycles. The Kier molecular flexibility index (Phi) is 7.82. The molecule has 2 heterocycles. The minimum atomic E-state index is -0.948. The van der Waals surface area contributed by atoms with Gasteiger partial charge in [0.05, 0.1) is 11.7 Å². The van der Waals surface area contributed by atoms with Crippen molar-refractivity contribution in [2.24, 2.45) is 0 Å². The Morgan fingerprint density at radius 1 is 1.09 bits per heavy atom. The molecule has 1 unspecified atom stereocenters. The molecule has 2 amide bonds. The monoisotopic (exact) mass is 511 g/mol. The maximum atomic E-state index is 13.9. The van der Waals surface area contributed by atoms with Crippen LogP contribution in [0.15, 0.2) is 48.8 Å². The quantitative estimate of drug-likeness (QED) is 0.457. The number of anilines is 1. The predicted molar refractivity (Wildman–Crippen MR) is 139 cm³/mol. The fourth-order valence-corrected chi connectivity index (χ4v) is 5.12. The standard InChI is InChI=1S/C26H30ClN5O2S/c1-26(2,3)18-11-13-20(14-12-18)32(25(34)21-23(27)31-35-30-21)22(17-8-7-15-28-16-17)24(33)29-19-9-5-4-6-10-19/h7-8,11-16,19,22H,4-6,9-10H2,1-3H3,(H,29,33). The summed E-state index contributed by atoms with van der Waals surface area (Å²) in [5, 5.41) is 3.21. The molecule has 0 saturated heterocycles. The molecule has 0 spiro atoms. The first kappa shape index (κ1) is 25.3. The predicted octanol–water partition coefficient (Wildman–Crippen LogP) is 5.72. The van der Waals surface area contributed by atoms with Gasteiger partial charge in [-0.05, 0) is 42.0 Å². The highest BCUT2D eigenvalue weighted by Gasteiger charge is 2.36. The fourth-order valence-electron chi connectivity index (χ4n) is 4.41. The molecular formula is C26H30ClN5O2S. The third-order valence-electron chi connectivity index (χ3n) is 6.34. The molecule has 1 aromatic carbocycles. The third kappa shape index (κ3) is 5.87. The van der Waals surface area contributed by atoms with Crippen LogP contribution in [0.4, 0.5) is 5.69 Å². The molecule has 4 rings (SSSR count). The van der Waals surface area contributed by atoms with Crippen molar-refractivity contribution in [2.45, 2.75) is 70.4 Å². The molecule has 1 atom stereocenters. The summed E-state index contributed by atoms with van der Waals surface area (Å²) in [6.07, 6.45) is 8.47. The van der Waals surface area contributed by atoms with Crippen LogP contribution in [-0.4, -0.2) is 31.6 Å². The van der Waals surface area contributed by atoms with Gasteiger partial charge in [0.25, 0.3) is 5.91 Å². The lowest BCUT2D eigenvalue weighted by molar-refractivity contribution is -0.123. The zero-order valence-electron chi connectivity index (χ0n) is 20.2. The average molecular weight is 512 g/mol. The Balaban J connectivity index is 1.80. The number of hydrogen-bond acceptors (Lipinski definition) is 6. The lowest BCUT2D eigenvalue weighted by Gasteiger charge is -2.33. The summed E-state index contributed by atoms with van der Waals surface area (Å²) < 4.78 is 8.10. The number of carbonyl (C=O) groups excluding carboxylic acids is 2. The van der Waals surface area contributed by atoms with Crippen molar-refractivity contribution < 1.29 is 9.59 Å². The van der Waals surface area contributed by atoms with Crippen molar-refractivity contribution in [2.75, 3.05) is 4.90 Å². The minimum absolute atomic E-state index is 0.0222. The van der Waals surface area contributed by atoms with Gasteiger partial charge in [0.1, 0.15) is 6.04 Å². The zero-order chi connectivity index (χ0) is 25.0. The normalized spacial score (nSPS) is 15.4. The van der Waals surface area contributed by atoms with Crippen molar-refractivity contribution in [3.63, 3.8) is 0 Å². The van der Waals surface area contributed by atoms with Gasteiger partial charge in [-0.15, -0.1) is 0 Å². The largest absolute Gasteiger partial charge is 0.351 e. The van der Waals surface area contributed by atoms with Crippen LogP contribution in [-0.2, 0) is 10.2 Å². The van der Waals surface area contributed by atoms with Crippen LogP contribution in [0.2, 0.25) is 5.15 Å². The second kappa shape index (κ2) is 10.8. The van der Waals surface area contributed by atoms with Gasteiger partial charge >= 0.3 is 0 Å². The van der Waals surface area contributed by atoms with Gasteiger partial charge < -0.3 is 5.32 Å². The highest BCUT2D eigenvalue weighted by molar-refractivity contribution is 6.99. The Morgan fingerprint density at radius 2 is 1.80 bits per heavy atom. The maximum Gasteiger partial charge on any atom is 0.282 e. The van der Waals surface area contributed by atoms with E-state index in [1.54, 1.807) is 18.5 Å². The van der Waals surface area contributed by atoms with Crippen LogP contribution in [0, 0.1) is 0 Å². The molecule has 1 fully saturated rings. The summed E-state index contributed by atoms with van der Waals surface area (Å²) in [6.45, 7) is 6.38. The second-order valence-corrected chi connectivity index (χ2v) is 10.8. The summed E-state index contributed by atoms with van der Waals surface area (Å²) in [6, 6.07) is 10.4. The fraction of sp³-hybridized carbons (Fsp3) is 0.423. The topological polar surface area (TPSA) is 88.1 Å². The number of amides is 2. The van der Waals surface area contributed by atoms with E-state index in [0.29, 0.717) is 11.3 Å². The van der Waals surface area contributed by atoms with Gasteiger partial charge in [-0.25, -0.2) is 0 Å². The Bertz CT molecular complexity index is 1150. The molecular weight excluding hydrogens is 482 g/mol. The lowest BCUT2D eigenvalue weighted by atomic mass is 9.87. The molecule has 35 heavy (non-hydrogen) atoms. The number of nitrogens with one attached hydrogen (secondary N) is 1. The van der Waals surface area contributed by atoms with Crippen LogP contribution in [0.1, 0.15) is 80.5 Å². The van der Waals surface area contributed by atoms with E-state index in [1.165, 1.54) is 11.3 Å². The Morgan fingerprint density at radius 3 is 2.37 bits per heavy atom. The van der Waals surface area contributed by atoms with Gasteiger partial charge in [-0.1, -0.05) is 69.8 Å². The molecule has 7 nitrogen and oxygen atoms in total. The molecule has 1 aliphatic carbocycles. The highest BCUT2D eigenvalue weighted by atomic mass is 35.5. The van der Waals surface area contributed by atoms with E-state index in [4.69, 9.17) is 11.6 Å². The molecule has 1 aliphatic rings. The SMILES string of the molecule is CC(C)(C)c1ccc(N(C(=O)c2nsnc2Cl)C(C(=O)NC2CCCCC2)c2cccnc2)cc1. The van der Waals surface area contributed by atoms with Gasteiger partial charge in [0.2, 0.25) is 5.91 Å². The maximum absolute atomic E-state index is 13.9. The number of rotatable bonds is 6. The molecule has 0 bridgehead atoms. The zero-order valence-corrected chi connectivity index (χ0v) is 21.8. The first-order valence-electron chi connectivity index (χ1n) is 11.9. The molecule has 184 valence electrons. The number of hydrogen-bond donors (Lipinski definition) is 1. The van der Waals surface area contributed by atoms with Crippen molar-refractivity contribution in [1.29, 1.82) is 0 Å². The van der Waals surface area contributed by atoms with Crippen molar-refractivity contribution in [3.05, 3.63) is 70.8 Å². The molecule has 2 aromatic heterocycles. The molecule has 1 N–H and O–H groups in total. The van der Waals surface area contributed by atoms with E-state index in [9.17, 15) is 9.59 Å². The van der Waals surface area contributed by atoms with Crippen LogP contribution in [0.3, 0.4) is 0 Å². The van der Waals surface area contributed by atoms with Crippen LogP contribution in [0.25, 0.3) is 0 Å². The molecule has 0 radical (unpaired) electrons. The number of carbonyl (C=O) groups is 2. The number of pyridine rings is 1. The molecule has 3 aromatic rings. The van der Waals surface area contributed by atoms with E-state index < -0.39 is 11.9 Å². The van der Waals surface area contributed by atoms with E-state index >= 15 is 0 Å². The minimum Gasteiger partial charge on any atom is -0.351 e. The summed E-state index contributed by atoms with van der Waals surface area (Å²) in [5.41, 5.74) is 2.26. The third-order valence-corrected chi connectivity index (χ3v) is 7.23. The Hall–Kier alpha value is -2.84. The van der Waals surface area contributed by atoms with Crippen LogP contribution >= 0.6 is 23.3 Å². The molecule has 0 aliphatic heterocycles. The van der Waals surface area contributed by atoms with Gasteiger partial charge in [0, 0.05) is 29.7 Å². The van der Waals surface area contributed by atoms with E-state index in [1.807, 2.05) is 30.3 Å². The van der Waals surface area contributed by atoms with Crippen molar-refractivity contribution >= 4 is 40.8 Å². The van der Waals surface area contributed by atoms with E-state index in [2.05, 4.69) is 39.8 Å².